The van der Waals surface area contributed by atoms with E-state index in [0.29, 0.717) is 17.7 Å². The van der Waals surface area contributed by atoms with Crippen molar-refractivity contribution in [3.8, 4) is 0 Å². The molecule has 0 fully saturated rings. The van der Waals surface area contributed by atoms with E-state index in [0.717, 1.165) is 24.2 Å². The SMILES string of the molecule is Cc1nc(NCCC(C)C)nc(NN)c1C. The quantitative estimate of drug-likeness (QED) is 0.524. The van der Waals surface area contributed by atoms with Crippen LogP contribution in [0.3, 0.4) is 0 Å². The lowest BCUT2D eigenvalue weighted by molar-refractivity contribution is 0.606. The number of hydrogen-bond acceptors (Lipinski definition) is 5. The summed E-state index contributed by atoms with van der Waals surface area (Å²) in [5, 5.41) is 3.20. The van der Waals surface area contributed by atoms with Crippen LogP contribution in [-0.2, 0) is 0 Å². The van der Waals surface area contributed by atoms with Gasteiger partial charge in [0.05, 0.1) is 0 Å². The molecule has 5 heteroatoms. The predicted octanol–water partition coefficient (Wildman–Crippen LogP) is 1.84. The fraction of sp³-hybridized carbons (Fsp3) is 0.636. The highest BCUT2D eigenvalue weighted by molar-refractivity contribution is 5.48. The second-order valence-electron chi connectivity index (χ2n) is 4.36. The molecule has 0 aliphatic heterocycles. The van der Waals surface area contributed by atoms with Gasteiger partial charge in [-0.25, -0.2) is 10.8 Å². The zero-order valence-corrected chi connectivity index (χ0v) is 10.5. The number of hydrogen-bond donors (Lipinski definition) is 3. The van der Waals surface area contributed by atoms with Crippen molar-refractivity contribution >= 4 is 11.8 Å². The number of rotatable bonds is 5. The summed E-state index contributed by atoms with van der Waals surface area (Å²) in [4.78, 5) is 8.65. The van der Waals surface area contributed by atoms with Crippen molar-refractivity contribution in [2.24, 2.45) is 11.8 Å². The summed E-state index contributed by atoms with van der Waals surface area (Å²) >= 11 is 0. The van der Waals surface area contributed by atoms with Gasteiger partial charge >= 0.3 is 0 Å². The Labute approximate surface area is 96.8 Å². The van der Waals surface area contributed by atoms with Gasteiger partial charge in [-0.2, -0.15) is 4.98 Å². The first-order valence-electron chi connectivity index (χ1n) is 5.60. The summed E-state index contributed by atoms with van der Waals surface area (Å²) in [6.07, 6.45) is 1.10. The number of nitrogen functional groups attached to an aromatic ring is 1. The minimum Gasteiger partial charge on any atom is -0.354 e. The van der Waals surface area contributed by atoms with Crippen molar-refractivity contribution in [2.75, 3.05) is 17.3 Å². The van der Waals surface area contributed by atoms with Crippen LogP contribution in [0.2, 0.25) is 0 Å². The van der Waals surface area contributed by atoms with Crippen LogP contribution in [0.15, 0.2) is 0 Å². The van der Waals surface area contributed by atoms with Gasteiger partial charge in [-0.05, 0) is 26.2 Å². The molecule has 0 bridgehead atoms. The van der Waals surface area contributed by atoms with E-state index in [4.69, 9.17) is 5.84 Å². The van der Waals surface area contributed by atoms with Crippen LogP contribution in [0.4, 0.5) is 11.8 Å². The molecule has 90 valence electrons. The third kappa shape index (κ3) is 3.34. The van der Waals surface area contributed by atoms with Gasteiger partial charge in [-0.3, -0.25) is 0 Å². The van der Waals surface area contributed by atoms with Crippen molar-refractivity contribution in [1.29, 1.82) is 0 Å². The Morgan fingerprint density at radius 3 is 2.50 bits per heavy atom. The third-order valence-corrected chi connectivity index (χ3v) is 2.53. The minimum absolute atomic E-state index is 0.636. The van der Waals surface area contributed by atoms with Crippen LogP contribution >= 0.6 is 0 Å². The van der Waals surface area contributed by atoms with Crippen molar-refractivity contribution in [2.45, 2.75) is 34.1 Å². The lowest BCUT2D eigenvalue weighted by atomic mass is 10.1. The largest absolute Gasteiger partial charge is 0.354 e. The predicted molar refractivity (Wildman–Crippen MR) is 67.3 cm³/mol. The molecule has 0 saturated heterocycles. The molecule has 4 N–H and O–H groups in total. The molecule has 1 aromatic heterocycles. The fourth-order valence-corrected chi connectivity index (χ4v) is 1.32. The molecule has 0 unspecified atom stereocenters. The first-order chi connectivity index (χ1) is 7.54. The van der Waals surface area contributed by atoms with Gasteiger partial charge < -0.3 is 10.7 Å². The highest BCUT2D eigenvalue weighted by atomic mass is 15.3. The maximum absolute atomic E-state index is 5.40. The van der Waals surface area contributed by atoms with E-state index >= 15 is 0 Å². The van der Waals surface area contributed by atoms with Crippen LogP contribution in [0.5, 0.6) is 0 Å². The van der Waals surface area contributed by atoms with Crippen LogP contribution in [0, 0.1) is 19.8 Å². The first kappa shape index (κ1) is 12.7. The molecule has 16 heavy (non-hydrogen) atoms. The highest BCUT2D eigenvalue weighted by Crippen LogP contribution is 2.15. The standard InChI is InChI=1S/C11H21N5/c1-7(2)5-6-13-11-14-9(4)8(3)10(15-11)16-12/h7H,5-6,12H2,1-4H3,(H2,13,14,15,16). The Morgan fingerprint density at radius 1 is 1.25 bits per heavy atom. The van der Waals surface area contributed by atoms with Crippen LogP contribution in [0.1, 0.15) is 31.5 Å². The molecular formula is C11H21N5. The van der Waals surface area contributed by atoms with E-state index in [1.165, 1.54) is 0 Å². The lowest BCUT2D eigenvalue weighted by Gasteiger charge is -2.11. The smallest absolute Gasteiger partial charge is 0.224 e. The Balaban J connectivity index is 2.70. The molecule has 0 aliphatic rings. The van der Waals surface area contributed by atoms with Gasteiger partial charge in [0, 0.05) is 17.8 Å². The Morgan fingerprint density at radius 2 is 1.94 bits per heavy atom. The van der Waals surface area contributed by atoms with E-state index in [2.05, 4.69) is 34.6 Å². The molecule has 0 radical (unpaired) electrons. The fourth-order valence-electron chi connectivity index (χ4n) is 1.32. The Kier molecular flexibility index (Phi) is 4.49. The maximum Gasteiger partial charge on any atom is 0.224 e. The Bertz CT molecular complexity index is 348. The molecule has 1 heterocycles. The number of anilines is 2. The Hall–Kier alpha value is -1.36. The van der Waals surface area contributed by atoms with E-state index in [1.807, 2.05) is 13.8 Å². The first-order valence-corrected chi connectivity index (χ1v) is 5.60. The van der Waals surface area contributed by atoms with Gasteiger partial charge in [0.25, 0.3) is 0 Å². The molecule has 0 aromatic carbocycles. The average molecular weight is 223 g/mol. The number of nitrogens with zero attached hydrogens (tertiary/aromatic N) is 2. The third-order valence-electron chi connectivity index (χ3n) is 2.53. The summed E-state index contributed by atoms with van der Waals surface area (Å²) < 4.78 is 0. The molecule has 0 atom stereocenters. The normalized spacial score (nSPS) is 10.6. The second kappa shape index (κ2) is 5.65. The van der Waals surface area contributed by atoms with E-state index in [-0.39, 0.29) is 0 Å². The molecule has 1 rings (SSSR count). The number of aromatic nitrogens is 2. The molecule has 0 amide bonds. The van der Waals surface area contributed by atoms with E-state index in [9.17, 15) is 0 Å². The van der Waals surface area contributed by atoms with Gasteiger partial charge in [-0.1, -0.05) is 13.8 Å². The summed E-state index contributed by atoms with van der Waals surface area (Å²) in [7, 11) is 0. The zero-order chi connectivity index (χ0) is 12.1. The van der Waals surface area contributed by atoms with Gasteiger partial charge in [0.2, 0.25) is 5.95 Å². The average Bonchev–Trinajstić information content (AvgIpc) is 2.22. The molecule has 0 aliphatic carbocycles. The molecule has 0 saturated carbocycles. The van der Waals surface area contributed by atoms with E-state index < -0.39 is 0 Å². The van der Waals surface area contributed by atoms with Gasteiger partial charge in [0.1, 0.15) is 5.82 Å². The van der Waals surface area contributed by atoms with Crippen LogP contribution in [-0.4, -0.2) is 16.5 Å². The second-order valence-corrected chi connectivity index (χ2v) is 4.36. The van der Waals surface area contributed by atoms with Crippen LogP contribution in [0.25, 0.3) is 0 Å². The summed E-state index contributed by atoms with van der Waals surface area (Å²) in [5.74, 6) is 7.39. The number of nitrogens with one attached hydrogen (secondary N) is 2. The minimum atomic E-state index is 0.636. The van der Waals surface area contributed by atoms with Crippen LogP contribution < -0.4 is 16.6 Å². The van der Waals surface area contributed by atoms with Gasteiger partial charge in [0.15, 0.2) is 0 Å². The van der Waals surface area contributed by atoms with Gasteiger partial charge in [-0.15, -0.1) is 0 Å². The summed E-state index contributed by atoms with van der Waals surface area (Å²) in [6.45, 7) is 9.16. The molecule has 5 nitrogen and oxygen atoms in total. The summed E-state index contributed by atoms with van der Waals surface area (Å²) in [6, 6.07) is 0. The van der Waals surface area contributed by atoms with E-state index in [1.54, 1.807) is 0 Å². The topological polar surface area (TPSA) is 75.9 Å². The summed E-state index contributed by atoms with van der Waals surface area (Å²) in [5.41, 5.74) is 4.51. The lowest BCUT2D eigenvalue weighted by Crippen LogP contribution is -2.15. The zero-order valence-electron chi connectivity index (χ0n) is 10.5. The number of aryl methyl sites for hydroxylation is 1. The maximum atomic E-state index is 5.40. The van der Waals surface area contributed by atoms with Crippen molar-refractivity contribution in [3.63, 3.8) is 0 Å². The highest BCUT2D eigenvalue weighted by Gasteiger charge is 2.06. The molecule has 0 spiro atoms. The monoisotopic (exact) mass is 223 g/mol. The van der Waals surface area contributed by atoms with Crippen molar-refractivity contribution < 1.29 is 0 Å². The molecular weight excluding hydrogens is 202 g/mol. The van der Waals surface area contributed by atoms with Crippen molar-refractivity contribution in [1.82, 2.24) is 9.97 Å². The number of hydrazine groups is 1. The van der Waals surface area contributed by atoms with Crippen molar-refractivity contribution in [3.05, 3.63) is 11.3 Å². The molecule has 1 aromatic rings. The number of nitrogens with two attached hydrogens (primary N) is 1.